The second-order valence-electron chi connectivity index (χ2n) is 6.45. The minimum absolute atomic E-state index is 0.147. The summed E-state index contributed by atoms with van der Waals surface area (Å²) in [6, 6.07) is 8.46. The number of nitrogens with one attached hydrogen (secondary N) is 2. The quantitative estimate of drug-likeness (QED) is 0.419. The predicted molar refractivity (Wildman–Crippen MR) is 105 cm³/mol. The van der Waals surface area contributed by atoms with Crippen LogP contribution < -0.4 is 15.6 Å². The number of nitrogens with zero attached hydrogens (tertiary/aromatic N) is 2. The van der Waals surface area contributed by atoms with Crippen molar-refractivity contribution in [3.63, 3.8) is 0 Å². The van der Waals surface area contributed by atoms with Gasteiger partial charge in [0, 0.05) is 25.3 Å². The monoisotopic (exact) mass is 348 g/mol. The van der Waals surface area contributed by atoms with E-state index < -0.39 is 0 Å². The normalized spacial score (nSPS) is 20.8. The molecule has 1 fully saturated rings. The van der Waals surface area contributed by atoms with E-state index in [1.807, 2.05) is 36.2 Å². The third-order valence-electron chi connectivity index (χ3n) is 4.58. The van der Waals surface area contributed by atoms with Crippen molar-refractivity contribution < 1.29 is 5.11 Å². The molecule has 0 amide bonds. The van der Waals surface area contributed by atoms with Gasteiger partial charge in [-0.2, -0.15) is 5.10 Å². The van der Waals surface area contributed by atoms with Gasteiger partial charge in [0.15, 0.2) is 5.11 Å². The lowest BCUT2D eigenvalue weighted by molar-refractivity contribution is 0.304. The molecule has 0 heterocycles. The van der Waals surface area contributed by atoms with Gasteiger partial charge in [-0.1, -0.05) is 31.9 Å². The standard InChI is InChI=1S/C18H28N4OS/c1-14-5-3-4-6-17(14)20-18(24)21-19-13-15-7-9-16(10-8-15)22(2)11-12-23/h7-10,13-14,17,23H,3-6,11-12H2,1-2H3,(H2,20,21,24)/b19-13-/t14-,17-/m0/s1. The predicted octanol–water partition coefficient (Wildman–Crippen LogP) is 2.49. The zero-order valence-electron chi connectivity index (χ0n) is 14.5. The maximum absolute atomic E-state index is 8.97. The Hall–Kier alpha value is -1.66. The van der Waals surface area contributed by atoms with Crippen molar-refractivity contribution in [2.24, 2.45) is 11.0 Å². The van der Waals surface area contributed by atoms with Crippen LogP contribution in [-0.2, 0) is 0 Å². The lowest BCUT2D eigenvalue weighted by atomic mass is 9.86. The molecule has 24 heavy (non-hydrogen) atoms. The van der Waals surface area contributed by atoms with E-state index in [0.29, 0.717) is 23.6 Å². The summed E-state index contributed by atoms with van der Waals surface area (Å²) < 4.78 is 0. The molecule has 2 rings (SSSR count). The Balaban J connectivity index is 1.79. The maximum atomic E-state index is 8.97. The Morgan fingerprint density at radius 2 is 2.04 bits per heavy atom. The number of aliphatic hydroxyl groups is 1. The first-order valence-corrected chi connectivity index (χ1v) is 9.02. The average Bonchev–Trinajstić information content (AvgIpc) is 2.58. The van der Waals surface area contributed by atoms with Crippen molar-refractivity contribution in [3.05, 3.63) is 29.8 Å². The number of anilines is 1. The third kappa shape index (κ3) is 5.76. The number of aliphatic hydroxyl groups excluding tert-OH is 1. The molecule has 0 unspecified atom stereocenters. The number of benzene rings is 1. The molecule has 2 atom stereocenters. The summed E-state index contributed by atoms with van der Waals surface area (Å²) >= 11 is 5.32. The number of thiocarbonyl (C=S) groups is 1. The minimum Gasteiger partial charge on any atom is -0.395 e. The van der Waals surface area contributed by atoms with Gasteiger partial charge in [0.2, 0.25) is 0 Å². The van der Waals surface area contributed by atoms with Crippen LogP contribution in [0, 0.1) is 5.92 Å². The molecule has 5 nitrogen and oxygen atoms in total. The second kappa shape index (κ2) is 9.59. The van der Waals surface area contributed by atoms with Crippen LogP contribution >= 0.6 is 12.2 Å². The molecule has 1 aromatic rings. The molecule has 6 heteroatoms. The van der Waals surface area contributed by atoms with Crippen molar-refractivity contribution in [2.75, 3.05) is 25.1 Å². The summed E-state index contributed by atoms with van der Waals surface area (Å²) in [4.78, 5) is 2.00. The van der Waals surface area contributed by atoms with Crippen molar-refractivity contribution in [1.82, 2.24) is 10.7 Å². The van der Waals surface area contributed by atoms with Gasteiger partial charge in [0.05, 0.1) is 12.8 Å². The molecular formula is C18H28N4OS. The lowest BCUT2D eigenvalue weighted by Gasteiger charge is -2.30. The van der Waals surface area contributed by atoms with Crippen LogP contribution in [0.25, 0.3) is 0 Å². The molecule has 132 valence electrons. The number of hydrazone groups is 1. The second-order valence-corrected chi connectivity index (χ2v) is 6.86. The molecule has 3 N–H and O–H groups in total. The van der Waals surface area contributed by atoms with E-state index in [-0.39, 0.29) is 6.61 Å². The van der Waals surface area contributed by atoms with E-state index in [1.165, 1.54) is 25.7 Å². The van der Waals surface area contributed by atoms with Crippen molar-refractivity contribution in [1.29, 1.82) is 0 Å². The van der Waals surface area contributed by atoms with Crippen LogP contribution in [0.2, 0.25) is 0 Å². The fourth-order valence-corrected chi connectivity index (χ4v) is 3.19. The van der Waals surface area contributed by atoms with E-state index in [1.54, 1.807) is 6.21 Å². The van der Waals surface area contributed by atoms with E-state index in [0.717, 1.165) is 11.3 Å². The summed E-state index contributed by atoms with van der Waals surface area (Å²) in [6.07, 6.45) is 6.79. The molecule has 0 spiro atoms. The highest BCUT2D eigenvalue weighted by Crippen LogP contribution is 2.23. The van der Waals surface area contributed by atoms with Crippen molar-refractivity contribution in [3.8, 4) is 0 Å². The van der Waals surface area contributed by atoms with Gasteiger partial charge in [-0.25, -0.2) is 0 Å². The van der Waals surface area contributed by atoms with E-state index in [9.17, 15) is 0 Å². The molecule has 0 bridgehead atoms. The highest BCUT2D eigenvalue weighted by atomic mass is 32.1. The lowest BCUT2D eigenvalue weighted by Crippen LogP contribution is -2.44. The molecule has 1 saturated carbocycles. The van der Waals surface area contributed by atoms with E-state index in [4.69, 9.17) is 17.3 Å². The molecule has 0 saturated heterocycles. The smallest absolute Gasteiger partial charge is 0.187 e. The van der Waals surface area contributed by atoms with Crippen LogP contribution in [0.4, 0.5) is 5.69 Å². The Kier molecular flexibility index (Phi) is 7.46. The minimum atomic E-state index is 0.147. The van der Waals surface area contributed by atoms with E-state index in [2.05, 4.69) is 22.8 Å². The third-order valence-corrected chi connectivity index (χ3v) is 4.79. The maximum Gasteiger partial charge on any atom is 0.187 e. The van der Waals surface area contributed by atoms with Crippen LogP contribution in [-0.4, -0.2) is 42.7 Å². The molecule has 1 aliphatic rings. The van der Waals surface area contributed by atoms with Gasteiger partial charge in [-0.15, -0.1) is 0 Å². The highest BCUT2D eigenvalue weighted by molar-refractivity contribution is 7.80. The highest BCUT2D eigenvalue weighted by Gasteiger charge is 2.21. The van der Waals surface area contributed by atoms with Crippen LogP contribution in [0.1, 0.15) is 38.2 Å². The average molecular weight is 349 g/mol. The number of likely N-dealkylation sites (N-methyl/N-ethyl adjacent to an activating group) is 1. The topological polar surface area (TPSA) is 59.9 Å². The van der Waals surface area contributed by atoms with Crippen LogP contribution in [0.15, 0.2) is 29.4 Å². The van der Waals surface area contributed by atoms with Gasteiger partial charge >= 0.3 is 0 Å². The Morgan fingerprint density at radius 1 is 1.33 bits per heavy atom. The summed E-state index contributed by atoms with van der Waals surface area (Å²) in [5, 5.41) is 17.1. The summed E-state index contributed by atoms with van der Waals surface area (Å²) in [6.45, 7) is 3.04. The summed E-state index contributed by atoms with van der Waals surface area (Å²) in [7, 11) is 1.96. The van der Waals surface area contributed by atoms with Crippen molar-refractivity contribution in [2.45, 2.75) is 38.6 Å². The van der Waals surface area contributed by atoms with Gasteiger partial charge in [-0.05, 0) is 48.7 Å². The molecule has 1 aliphatic carbocycles. The van der Waals surface area contributed by atoms with Gasteiger partial charge in [0.1, 0.15) is 0 Å². The Labute approximate surface area is 150 Å². The van der Waals surface area contributed by atoms with Crippen LogP contribution in [0.5, 0.6) is 0 Å². The first-order valence-electron chi connectivity index (χ1n) is 8.62. The molecule has 0 aliphatic heterocycles. The van der Waals surface area contributed by atoms with Gasteiger partial charge in [0.25, 0.3) is 0 Å². The first kappa shape index (κ1) is 18.7. The SMILES string of the molecule is C[C@H]1CCCC[C@@H]1NC(=S)N/N=C\c1ccc(N(C)CCO)cc1. The summed E-state index contributed by atoms with van der Waals surface area (Å²) in [5.41, 5.74) is 4.97. The number of hydrogen-bond donors (Lipinski definition) is 3. The van der Waals surface area contributed by atoms with Gasteiger partial charge in [-0.3, -0.25) is 5.43 Å². The molecular weight excluding hydrogens is 320 g/mol. The fraction of sp³-hybridized carbons (Fsp3) is 0.556. The fourth-order valence-electron chi connectivity index (χ4n) is 2.99. The molecule has 0 aromatic heterocycles. The molecule has 0 radical (unpaired) electrons. The van der Waals surface area contributed by atoms with E-state index >= 15 is 0 Å². The number of rotatable bonds is 6. The zero-order chi connectivity index (χ0) is 17.4. The largest absolute Gasteiger partial charge is 0.395 e. The molecule has 1 aromatic carbocycles. The first-order chi connectivity index (χ1) is 11.6. The summed E-state index contributed by atoms with van der Waals surface area (Å²) in [5.74, 6) is 0.658. The Morgan fingerprint density at radius 3 is 2.71 bits per heavy atom. The van der Waals surface area contributed by atoms with Gasteiger partial charge < -0.3 is 15.3 Å². The van der Waals surface area contributed by atoms with Crippen LogP contribution in [0.3, 0.4) is 0 Å². The Bertz CT molecular complexity index is 546. The van der Waals surface area contributed by atoms with Crippen molar-refractivity contribution >= 4 is 29.2 Å². The zero-order valence-corrected chi connectivity index (χ0v) is 15.4. The number of hydrogen-bond acceptors (Lipinski definition) is 4.